The van der Waals surface area contributed by atoms with Crippen LogP contribution in [0, 0.1) is 11.1 Å². The van der Waals surface area contributed by atoms with Gasteiger partial charge in [0.15, 0.2) is 0 Å². The molecule has 2 nitrogen and oxygen atoms in total. The standard InChI is InChI=1S/C5H11NO/c1-6(7)4-5-2-3-5/h5-6H,2-4H2,1H3. The molecular weight excluding hydrogens is 90.1 g/mol. The molecule has 1 N–H and O–H groups in total. The van der Waals surface area contributed by atoms with E-state index in [0.717, 1.165) is 12.5 Å². The predicted octanol–water partition coefficient (Wildman–Crippen LogP) is -0.591. The minimum absolute atomic E-state index is 0.350. The van der Waals surface area contributed by atoms with Gasteiger partial charge >= 0.3 is 0 Å². The third-order valence-corrected chi connectivity index (χ3v) is 1.27. The fraction of sp³-hybridized carbons (Fsp3) is 1.00. The van der Waals surface area contributed by atoms with Crippen LogP contribution in [0.15, 0.2) is 0 Å². The summed E-state index contributed by atoms with van der Waals surface area (Å²) in [6.45, 7) is 0.833. The van der Waals surface area contributed by atoms with Crippen LogP contribution in [0.1, 0.15) is 12.8 Å². The van der Waals surface area contributed by atoms with Gasteiger partial charge in [0.05, 0.1) is 13.6 Å². The van der Waals surface area contributed by atoms with E-state index < -0.39 is 0 Å². The van der Waals surface area contributed by atoms with E-state index in [2.05, 4.69) is 0 Å². The van der Waals surface area contributed by atoms with Gasteiger partial charge in [0.25, 0.3) is 0 Å². The number of hydroxylamine groups is 2. The van der Waals surface area contributed by atoms with Gasteiger partial charge in [-0.05, 0) is 12.8 Å². The molecule has 0 radical (unpaired) electrons. The van der Waals surface area contributed by atoms with E-state index in [1.165, 1.54) is 12.8 Å². The average molecular weight is 101 g/mol. The topological polar surface area (TPSA) is 27.5 Å². The Labute approximate surface area is 43.7 Å². The van der Waals surface area contributed by atoms with Crippen molar-refractivity contribution >= 4 is 0 Å². The molecule has 1 fully saturated rings. The molecule has 1 aliphatic carbocycles. The maximum atomic E-state index is 10.3. The third kappa shape index (κ3) is 1.90. The van der Waals surface area contributed by atoms with Crippen LogP contribution in [0.3, 0.4) is 0 Å². The highest BCUT2D eigenvalue weighted by molar-refractivity contribution is 4.70. The second kappa shape index (κ2) is 1.80. The van der Waals surface area contributed by atoms with E-state index in [9.17, 15) is 5.21 Å². The van der Waals surface area contributed by atoms with Gasteiger partial charge in [-0.3, -0.25) is 0 Å². The molecule has 2 heteroatoms. The quantitative estimate of drug-likeness (QED) is 0.462. The van der Waals surface area contributed by atoms with Crippen LogP contribution < -0.4 is 5.06 Å². The molecule has 0 spiro atoms. The second-order valence-corrected chi connectivity index (χ2v) is 2.35. The maximum Gasteiger partial charge on any atom is 0.0794 e. The lowest BCUT2D eigenvalue weighted by Crippen LogP contribution is -3.04. The van der Waals surface area contributed by atoms with Crippen LogP contribution in [0.4, 0.5) is 0 Å². The first-order valence-corrected chi connectivity index (χ1v) is 2.78. The second-order valence-electron chi connectivity index (χ2n) is 2.35. The molecule has 0 heterocycles. The molecular formula is C5H11NO. The molecule has 0 aromatic rings. The maximum absolute atomic E-state index is 10.3. The highest BCUT2D eigenvalue weighted by Gasteiger charge is 2.22. The molecule has 1 aliphatic rings. The largest absolute Gasteiger partial charge is 0.634 e. The van der Waals surface area contributed by atoms with Gasteiger partial charge in [-0.1, -0.05) is 0 Å². The van der Waals surface area contributed by atoms with Crippen molar-refractivity contribution in [3.8, 4) is 0 Å². The van der Waals surface area contributed by atoms with Crippen molar-refractivity contribution in [3.05, 3.63) is 5.21 Å². The van der Waals surface area contributed by atoms with Gasteiger partial charge in [0.2, 0.25) is 0 Å². The zero-order valence-corrected chi connectivity index (χ0v) is 4.61. The molecule has 1 atom stereocenters. The predicted molar refractivity (Wildman–Crippen MR) is 27.8 cm³/mol. The Balaban J connectivity index is 1.97. The van der Waals surface area contributed by atoms with Crippen molar-refractivity contribution in [1.29, 1.82) is 0 Å². The first kappa shape index (κ1) is 5.06. The SMILES string of the molecule is C[NH+]([O-])CC1CC1. The molecule has 0 aliphatic heterocycles. The summed E-state index contributed by atoms with van der Waals surface area (Å²) in [5.41, 5.74) is 0. The minimum Gasteiger partial charge on any atom is -0.634 e. The summed E-state index contributed by atoms with van der Waals surface area (Å²) in [6.07, 6.45) is 2.58. The Morgan fingerprint density at radius 3 is 2.43 bits per heavy atom. The van der Waals surface area contributed by atoms with E-state index in [0.29, 0.717) is 5.06 Å². The van der Waals surface area contributed by atoms with Crippen LogP contribution in [0.5, 0.6) is 0 Å². The molecule has 0 aromatic heterocycles. The van der Waals surface area contributed by atoms with E-state index in [1.54, 1.807) is 7.05 Å². The average Bonchev–Trinajstić information content (AvgIpc) is 2.17. The van der Waals surface area contributed by atoms with Crippen molar-refractivity contribution < 1.29 is 5.06 Å². The number of hydrogen-bond acceptors (Lipinski definition) is 1. The van der Waals surface area contributed by atoms with Gasteiger partial charge < -0.3 is 10.3 Å². The van der Waals surface area contributed by atoms with Gasteiger partial charge in [-0.2, -0.15) is 0 Å². The van der Waals surface area contributed by atoms with Crippen LogP contribution in [0.25, 0.3) is 0 Å². The van der Waals surface area contributed by atoms with E-state index in [1.807, 2.05) is 0 Å². The molecule has 42 valence electrons. The summed E-state index contributed by atoms with van der Waals surface area (Å²) in [7, 11) is 1.66. The summed E-state index contributed by atoms with van der Waals surface area (Å²) in [6, 6.07) is 0. The smallest absolute Gasteiger partial charge is 0.0794 e. The van der Waals surface area contributed by atoms with Crippen LogP contribution in [-0.4, -0.2) is 13.6 Å². The molecule has 7 heavy (non-hydrogen) atoms. The van der Waals surface area contributed by atoms with Crippen molar-refractivity contribution in [2.45, 2.75) is 12.8 Å². The third-order valence-electron chi connectivity index (χ3n) is 1.27. The van der Waals surface area contributed by atoms with Gasteiger partial charge in [0, 0.05) is 5.92 Å². The van der Waals surface area contributed by atoms with Crippen molar-refractivity contribution in [2.24, 2.45) is 5.92 Å². The highest BCUT2D eigenvalue weighted by atomic mass is 16.5. The normalized spacial score (nSPS) is 24.9. The summed E-state index contributed by atoms with van der Waals surface area (Å²) >= 11 is 0. The van der Waals surface area contributed by atoms with Gasteiger partial charge in [0.1, 0.15) is 0 Å². The van der Waals surface area contributed by atoms with Crippen molar-refractivity contribution in [1.82, 2.24) is 0 Å². The lowest BCUT2D eigenvalue weighted by Gasteiger charge is -2.14. The van der Waals surface area contributed by atoms with Gasteiger partial charge in [-0.25, -0.2) is 0 Å². The lowest BCUT2D eigenvalue weighted by molar-refractivity contribution is -0.827. The fourth-order valence-corrected chi connectivity index (χ4v) is 0.729. The zero-order valence-electron chi connectivity index (χ0n) is 4.61. The molecule has 0 bridgehead atoms. The number of quaternary nitrogens is 1. The van der Waals surface area contributed by atoms with Crippen LogP contribution in [-0.2, 0) is 0 Å². The summed E-state index contributed by atoms with van der Waals surface area (Å²) in [5.74, 6) is 0.775. The fourth-order valence-electron chi connectivity index (χ4n) is 0.729. The summed E-state index contributed by atoms with van der Waals surface area (Å²) in [5, 5.41) is 10.6. The Bertz CT molecular complexity index is 59.1. The number of rotatable bonds is 2. The first-order valence-electron chi connectivity index (χ1n) is 2.78. The van der Waals surface area contributed by atoms with Gasteiger partial charge in [-0.15, -0.1) is 0 Å². The van der Waals surface area contributed by atoms with Crippen molar-refractivity contribution in [3.63, 3.8) is 0 Å². The van der Waals surface area contributed by atoms with E-state index in [4.69, 9.17) is 0 Å². The highest BCUT2D eigenvalue weighted by Crippen LogP contribution is 2.26. The van der Waals surface area contributed by atoms with Crippen molar-refractivity contribution in [2.75, 3.05) is 13.6 Å². The molecule has 1 saturated carbocycles. The zero-order chi connectivity index (χ0) is 5.28. The Morgan fingerprint density at radius 1 is 1.71 bits per heavy atom. The van der Waals surface area contributed by atoms with E-state index >= 15 is 0 Å². The summed E-state index contributed by atoms with van der Waals surface area (Å²) in [4.78, 5) is 0. The van der Waals surface area contributed by atoms with Crippen LogP contribution >= 0.6 is 0 Å². The summed E-state index contributed by atoms with van der Waals surface area (Å²) < 4.78 is 0. The molecule has 0 saturated heterocycles. The molecule has 1 unspecified atom stereocenters. The minimum atomic E-state index is 0.350. The molecule has 0 aromatic carbocycles. The first-order chi connectivity index (χ1) is 3.29. The Morgan fingerprint density at radius 2 is 2.29 bits per heavy atom. The number of nitrogens with one attached hydrogen (secondary N) is 1. The van der Waals surface area contributed by atoms with Crippen LogP contribution in [0.2, 0.25) is 0 Å². The molecule has 1 rings (SSSR count). The Kier molecular flexibility index (Phi) is 1.30. The van der Waals surface area contributed by atoms with E-state index in [-0.39, 0.29) is 0 Å². The molecule has 0 amide bonds. The monoisotopic (exact) mass is 101 g/mol. The lowest BCUT2D eigenvalue weighted by atomic mass is 10.4. The Hall–Kier alpha value is -0.0800. The number of hydrogen-bond donors (Lipinski definition) is 1.